The van der Waals surface area contributed by atoms with Gasteiger partial charge in [-0.05, 0) is 30.8 Å². The summed E-state index contributed by atoms with van der Waals surface area (Å²) in [6, 6.07) is 3.57. The van der Waals surface area contributed by atoms with E-state index < -0.39 is 0 Å². The highest BCUT2D eigenvalue weighted by molar-refractivity contribution is 7.99. The Balaban J connectivity index is 2.14. The molecule has 0 spiro atoms. The highest BCUT2D eigenvalue weighted by Crippen LogP contribution is 2.21. The van der Waals surface area contributed by atoms with E-state index in [-0.39, 0.29) is 5.78 Å². The monoisotopic (exact) mass is 219 g/mol. The van der Waals surface area contributed by atoms with Crippen LogP contribution in [-0.2, 0) is 0 Å². The van der Waals surface area contributed by atoms with Crippen LogP contribution in [0.5, 0.6) is 0 Å². The maximum Gasteiger partial charge on any atom is 0.171 e. The van der Waals surface area contributed by atoms with E-state index in [2.05, 4.69) is 15.0 Å². The third-order valence-electron chi connectivity index (χ3n) is 1.82. The van der Waals surface area contributed by atoms with Crippen LogP contribution in [0.15, 0.2) is 40.9 Å². The molecule has 4 nitrogen and oxygen atoms in total. The molecule has 0 radical (unpaired) electrons. The number of rotatable bonds is 3. The van der Waals surface area contributed by atoms with Gasteiger partial charge in [-0.15, -0.1) is 0 Å². The van der Waals surface area contributed by atoms with E-state index >= 15 is 0 Å². The highest BCUT2D eigenvalue weighted by atomic mass is 32.2. The number of ketones is 1. The van der Waals surface area contributed by atoms with E-state index in [4.69, 9.17) is 0 Å². The van der Waals surface area contributed by atoms with Gasteiger partial charge in [-0.25, -0.2) is 9.97 Å². The fourth-order valence-corrected chi connectivity index (χ4v) is 1.73. The fourth-order valence-electron chi connectivity index (χ4n) is 1.05. The van der Waals surface area contributed by atoms with Gasteiger partial charge in [0.25, 0.3) is 0 Å². The molecule has 0 aliphatic heterocycles. The minimum absolute atomic E-state index is 0.0250. The number of carbonyl (C=O) groups is 1. The van der Waals surface area contributed by atoms with Crippen LogP contribution in [0.1, 0.15) is 17.3 Å². The predicted octanol–water partition coefficient (Wildman–Crippen LogP) is 2.16. The SMILES string of the molecule is CC(=O)c1ccc(Sc2ncc[nH]2)nc1. The van der Waals surface area contributed by atoms with Gasteiger partial charge >= 0.3 is 0 Å². The van der Waals surface area contributed by atoms with Crippen LogP contribution in [0.3, 0.4) is 0 Å². The number of imidazole rings is 1. The third kappa shape index (κ3) is 2.44. The summed E-state index contributed by atoms with van der Waals surface area (Å²) < 4.78 is 0. The molecule has 0 saturated heterocycles. The second-order valence-corrected chi connectivity index (χ2v) is 3.95. The fraction of sp³-hybridized carbons (Fsp3) is 0.100. The zero-order chi connectivity index (χ0) is 10.7. The smallest absolute Gasteiger partial charge is 0.171 e. The Kier molecular flexibility index (Phi) is 2.82. The molecule has 0 atom stereocenters. The molecule has 0 aliphatic carbocycles. The summed E-state index contributed by atoms with van der Waals surface area (Å²) in [6.45, 7) is 1.52. The molecular weight excluding hydrogens is 210 g/mol. The molecule has 0 bridgehead atoms. The number of Topliss-reactive ketones (excluding diaryl/α,β-unsaturated/α-hetero) is 1. The molecule has 2 aromatic rings. The Morgan fingerprint density at radius 1 is 1.40 bits per heavy atom. The number of hydrogen-bond acceptors (Lipinski definition) is 4. The van der Waals surface area contributed by atoms with Crippen LogP contribution < -0.4 is 0 Å². The zero-order valence-electron chi connectivity index (χ0n) is 8.10. The lowest BCUT2D eigenvalue weighted by molar-refractivity contribution is 0.101. The van der Waals surface area contributed by atoms with Crippen molar-refractivity contribution in [3.05, 3.63) is 36.3 Å². The first-order chi connectivity index (χ1) is 7.25. The molecule has 2 rings (SSSR count). The molecule has 1 N–H and O–H groups in total. The van der Waals surface area contributed by atoms with Gasteiger partial charge in [0.1, 0.15) is 5.03 Å². The average Bonchev–Trinajstić information content (AvgIpc) is 2.71. The number of hydrogen-bond donors (Lipinski definition) is 1. The number of carbonyl (C=O) groups excluding carboxylic acids is 1. The lowest BCUT2D eigenvalue weighted by atomic mass is 10.2. The third-order valence-corrected chi connectivity index (χ3v) is 2.68. The van der Waals surface area contributed by atoms with Crippen molar-refractivity contribution in [3.8, 4) is 0 Å². The first kappa shape index (κ1) is 9.92. The van der Waals surface area contributed by atoms with Gasteiger partial charge in [0.15, 0.2) is 10.9 Å². The zero-order valence-corrected chi connectivity index (χ0v) is 8.91. The van der Waals surface area contributed by atoms with Crippen molar-refractivity contribution in [1.82, 2.24) is 15.0 Å². The lowest BCUT2D eigenvalue weighted by Crippen LogP contribution is -1.92. The second kappa shape index (κ2) is 4.27. The molecule has 0 fully saturated rings. The van der Waals surface area contributed by atoms with Gasteiger partial charge in [-0.2, -0.15) is 0 Å². The van der Waals surface area contributed by atoms with Gasteiger partial charge < -0.3 is 4.98 Å². The van der Waals surface area contributed by atoms with E-state index in [1.165, 1.54) is 18.7 Å². The van der Waals surface area contributed by atoms with E-state index in [0.29, 0.717) is 5.56 Å². The summed E-state index contributed by atoms with van der Waals surface area (Å²) in [5.74, 6) is 0.0250. The number of nitrogens with one attached hydrogen (secondary N) is 1. The van der Waals surface area contributed by atoms with Crippen molar-refractivity contribution < 1.29 is 4.79 Å². The van der Waals surface area contributed by atoms with Crippen LogP contribution in [0, 0.1) is 0 Å². The Hall–Kier alpha value is -1.62. The molecule has 0 aliphatic rings. The number of pyridine rings is 1. The van der Waals surface area contributed by atoms with Crippen molar-refractivity contribution in [2.75, 3.05) is 0 Å². The Bertz CT molecular complexity index is 450. The molecule has 0 aromatic carbocycles. The molecule has 15 heavy (non-hydrogen) atoms. The topological polar surface area (TPSA) is 58.6 Å². The summed E-state index contributed by atoms with van der Waals surface area (Å²) in [6.07, 6.45) is 5.02. The average molecular weight is 219 g/mol. The van der Waals surface area contributed by atoms with Crippen molar-refractivity contribution in [3.63, 3.8) is 0 Å². The first-order valence-electron chi connectivity index (χ1n) is 4.40. The number of H-pyrrole nitrogens is 1. The Morgan fingerprint density at radius 2 is 2.27 bits per heavy atom. The standard InChI is InChI=1S/C10H9N3OS/c1-7(14)8-2-3-9(13-6-8)15-10-11-4-5-12-10/h2-6H,1H3,(H,11,12). The Morgan fingerprint density at radius 3 is 2.80 bits per heavy atom. The Labute approximate surface area is 91.2 Å². The molecule has 0 saturated carbocycles. The van der Waals surface area contributed by atoms with Crippen LogP contribution in [0.4, 0.5) is 0 Å². The molecule has 0 unspecified atom stereocenters. The number of aromatic amines is 1. The minimum Gasteiger partial charge on any atom is -0.339 e. The summed E-state index contributed by atoms with van der Waals surface area (Å²) in [7, 11) is 0. The number of aromatic nitrogens is 3. The van der Waals surface area contributed by atoms with Gasteiger partial charge in [-0.1, -0.05) is 0 Å². The second-order valence-electron chi connectivity index (χ2n) is 2.94. The lowest BCUT2D eigenvalue weighted by Gasteiger charge is -1.98. The van der Waals surface area contributed by atoms with E-state index in [1.807, 2.05) is 6.07 Å². The normalized spacial score (nSPS) is 10.2. The maximum atomic E-state index is 11.0. The van der Waals surface area contributed by atoms with Crippen molar-refractivity contribution in [1.29, 1.82) is 0 Å². The quantitative estimate of drug-likeness (QED) is 0.804. The van der Waals surface area contributed by atoms with Crippen LogP contribution in [-0.4, -0.2) is 20.7 Å². The van der Waals surface area contributed by atoms with Gasteiger partial charge in [0, 0.05) is 24.2 Å². The summed E-state index contributed by atoms with van der Waals surface area (Å²) in [5.41, 5.74) is 0.624. The van der Waals surface area contributed by atoms with E-state index in [0.717, 1.165) is 10.2 Å². The van der Waals surface area contributed by atoms with E-state index in [9.17, 15) is 4.79 Å². The predicted molar refractivity (Wildman–Crippen MR) is 57.0 cm³/mol. The van der Waals surface area contributed by atoms with E-state index in [1.54, 1.807) is 24.7 Å². The minimum atomic E-state index is 0.0250. The molecular formula is C10H9N3OS. The summed E-state index contributed by atoms with van der Waals surface area (Å²) in [5, 5.41) is 1.60. The van der Waals surface area contributed by atoms with Gasteiger partial charge in [0.2, 0.25) is 0 Å². The molecule has 5 heteroatoms. The highest BCUT2D eigenvalue weighted by Gasteiger charge is 2.02. The van der Waals surface area contributed by atoms with Gasteiger partial charge in [-0.3, -0.25) is 4.79 Å². The van der Waals surface area contributed by atoms with Crippen molar-refractivity contribution in [2.45, 2.75) is 17.1 Å². The van der Waals surface area contributed by atoms with Gasteiger partial charge in [0.05, 0.1) is 0 Å². The van der Waals surface area contributed by atoms with Crippen LogP contribution >= 0.6 is 11.8 Å². The number of nitrogens with zero attached hydrogens (tertiary/aromatic N) is 2. The molecule has 2 heterocycles. The van der Waals surface area contributed by atoms with Crippen molar-refractivity contribution >= 4 is 17.5 Å². The van der Waals surface area contributed by atoms with Crippen LogP contribution in [0.25, 0.3) is 0 Å². The molecule has 2 aromatic heterocycles. The van der Waals surface area contributed by atoms with Crippen molar-refractivity contribution in [2.24, 2.45) is 0 Å². The molecule has 0 amide bonds. The maximum absolute atomic E-state index is 11.0. The largest absolute Gasteiger partial charge is 0.339 e. The summed E-state index contributed by atoms with van der Waals surface area (Å²) >= 11 is 1.43. The summed E-state index contributed by atoms with van der Waals surface area (Å²) in [4.78, 5) is 22.2. The van der Waals surface area contributed by atoms with Crippen LogP contribution in [0.2, 0.25) is 0 Å². The molecule has 76 valence electrons. The first-order valence-corrected chi connectivity index (χ1v) is 5.21.